The van der Waals surface area contributed by atoms with E-state index in [-0.39, 0.29) is 11.2 Å². The number of hydrogen-bond acceptors (Lipinski definition) is 5. The maximum atomic E-state index is 13.8. The Kier molecular flexibility index (Phi) is 8.29. The fourth-order valence-electron chi connectivity index (χ4n) is 4.56. The van der Waals surface area contributed by atoms with Gasteiger partial charge in [0.25, 0.3) is 5.91 Å². The average Bonchev–Trinajstić information content (AvgIpc) is 3.25. The van der Waals surface area contributed by atoms with Crippen LogP contribution in [0, 0.1) is 5.92 Å². The van der Waals surface area contributed by atoms with Gasteiger partial charge in [-0.3, -0.25) is 4.79 Å². The maximum Gasteiger partial charge on any atom is 0.274 e. The third-order valence-corrected chi connectivity index (χ3v) is 7.42. The highest BCUT2D eigenvalue weighted by molar-refractivity contribution is 7.99. The van der Waals surface area contributed by atoms with Crippen molar-refractivity contribution >= 4 is 23.4 Å². The number of thioether (sulfide) groups is 1. The molecular formula is C27H35N3O3S. The summed E-state index contributed by atoms with van der Waals surface area (Å²) in [6.07, 6.45) is 8.17. The molecule has 4 rings (SSSR count). The average molecular weight is 482 g/mol. The fourth-order valence-corrected chi connectivity index (χ4v) is 5.94. The summed E-state index contributed by atoms with van der Waals surface area (Å²) in [6, 6.07) is 8.47. The van der Waals surface area contributed by atoms with Gasteiger partial charge in [0.05, 0.1) is 24.6 Å². The Hall–Kier alpha value is -2.35. The molecule has 2 aliphatic rings. The van der Waals surface area contributed by atoms with E-state index in [2.05, 4.69) is 50.3 Å². The minimum Gasteiger partial charge on any atom is -0.385 e. The molecule has 34 heavy (non-hydrogen) atoms. The molecule has 3 heterocycles. The molecule has 2 aromatic rings. The molecule has 6 nitrogen and oxygen atoms in total. The number of morpholine rings is 1. The van der Waals surface area contributed by atoms with E-state index < -0.39 is 0 Å². The molecule has 0 aliphatic carbocycles. The highest BCUT2D eigenvalue weighted by atomic mass is 32.2. The molecule has 0 N–H and O–H groups in total. The Labute approximate surface area is 207 Å². The van der Waals surface area contributed by atoms with Gasteiger partial charge in [0, 0.05) is 48.1 Å². The third-order valence-electron chi connectivity index (χ3n) is 6.06. The zero-order valence-corrected chi connectivity index (χ0v) is 21.4. The van der Waals surface area contributed by atoms with E-state index in [1.54, 1.807) is 7.11 Å². The number of rotatable bonds is 8. The van der Waals surface area contributed by atoms with Crippen molar-refractivity contribution in [3.63, 3.8) is 0 Å². The van der Waals surface area contributed by atoms with Crippen molar-refractivity contribution in [1.29, 1.82) is 0 Å². The summed E-state index contributed by atoms with van der Waals surface area (Å²) in [6.45, 7) is 9.38. The van der Waals surface area contributed by atoms with Crippen LogP contribution in [0.25, 0.3) is 17.0 Å². The van der Waals surface area contributed by atoms with Crippen molar-refractivity contribution in [2.45, 2.75) is 43.8 Å². The van der Waals surface area contributed by atoms with Gasteiger partial charge in [-0.05, 0) is 37.8 Å². The minimum atomic E-state index is -0.000558. The number of methoxy groups -OCH3 is 1. The monoisotopic (exact) mass is 481 g/mol. The van der Waals surface area contributed by atoms with Gasteiger partial charge in [0.15, 0.2) is 5.69 Å². The zero-order chi connectivity index (χ0) is 24.1. The molecule has 1 amide bonds. The number of amides is 1. The van der Waals surface area contributed by atoms with Gasteiger partial charge in [-0.15, -0.1) is 11.8 Å². The zero-order valence-electron chi connectivity index (χ0n) is 20.6. The second kappa shape index (κ2) is 11.4. The molecule has 1 unspecified atom stereocenters. The second-order valence-corrected chi connectivity index (χ2v) is 10.2. The molecular weight excluding hydrogens is 446 g/mol. The van der Waals surface area contributed by atoms with Gasteiger partial charge >= 0.3 is 0 Å². The molecule has 7 heteroatoms. The van der Waals surface area contributed by atoms with E-state index in [4.69, 9.17) is 14.6 Å². The van der Waals surface area contributed by atoms with Crippen molar-refractivity contribution in [2.75, 3.05) is 40.0 Å². The van der Waals surface area contributed by atoms with Crippen LogP contribution in [0.3, 0.4) is 0 Å². The van der Waals surface area contributed by atoms with Gasteiger partial charge in [0.2, 0.25) is 0 Å². The van der Waals surface area contributed by atoms with Crippen LogP contribution in [-0.2, 0) is 9.47 Å². The van der Waals surface area contributed by atoms with Crippen molar-refractivity contribution in [2.24, 2.45) is 5.92 Å². The number of allylic oxidation sites excluding steroid dienone is 4. The molecule has 1 aromatic carbocycles. The number of carbonyl (C=O) groups excluding carboxylic acids is 1. The van der Waals surface area contributed by atoms with Gasteiger partial charge in [-0.2, -0.15) is 5.10 Å². The summed E-state index contributed by atoms with van der Waals surface area (Å²) in [4.78, 5) is 16.9. The number of aromatic nitrogens is 2. The number of carbonyl (C=O) groups is 1. The lowest BCUT2D eigenvalue weighted by Crippen LogP contribution is -2.41. The number of benzene rings is 1. The van der Waals surface area contributed by atoms with E-state index in [0.29, 0.717) is 44.5 Å². The molecule has 0 radical (unpaired) electrons. The minimum absolute atomic E-state index is 0.000558. The Morgan fingerprint density at radius 1 is 1.29 bits per heavy atom. The highest BCUT2D eigenvalue weighted by Crippen LogP contribution is 2.52. The topological polar surface area (TPSA) is 56.6 Å². The number of ether oxygens (including phenoxy) is 2. The smallest absolute Gasteiger partial charge is 0.274 e. The van der Waals surface area contributed by atoms with E-state index in [9.17, 15) is 4.79 Å². The first-order valence-corrected chi connectivity index (χ1v) is 13.0. The molecule has 1 aromatic heterocycles. The van der Waals surface area contributed by atoms with Crippen LogP contribution >= 0.6 is 11.8 Å². The summed E-state index contributed by atoms with van der Waals surface area (Å²) >= 11 is 1.84. The van der Waals surface area contributed by atoms with Crippen molar-refractivity contribution < 1.29 is 14.3 Å². The van der Waals surface area contributed by atoms with Gasteiger partial charge in [0.1, 0.15) is 0 Å². The molecule has 2 aliphatic heterocycles. The first-order chi connectivity index (χ1) is 16.5. The van der Waals surface area contributed by atoms with Crippen molar-refractivity contribution in [3.05, 3.63) is 53.8 Å². The third kappa shape index (κ3) is 5.16. The van der Waals surface area contributed by atoms with Crippen LogP contribution in [0.1, 0.15) is 54.9 Å². The molecule has 182 valence electrons. The summed E-state index contributed by atoms with van der Waals surface area (Å²) in [5.41, 5.74) is 4.79. The molecule has 1 atom stereocenters. The summed E-state index contributed by atoms with van der Waals surface area (Å²) in [5.74, 6) is 0.342. The van der Waals surface area contributed by atoms with E-state index in [1.807, 2.05) is 34.3 Å². The summed E-state index contributed by atoms with van der Waals surface area (Å²) in [5, 5.41) is 5.18. The van der Waals surface area contributed by atoms with Gasteiger partial charge < -0.3 is 14.4 Å². The molecule has 0 spiro atoms. The summed E-state index contributed by atoms with van der Waals surface area (Å²) in [7, 11) is 1.74. The van der Waals surface area contributed by atoms with Crippen LogP contribution in [0.5, 0.6) is 0 Å². The first-order valence-electron chi connectivity index (χ1n) is 12.1. The molecule has 0 saturated carbocycles. The van der Waals surface area contributed by atoms with Crippen LogP contribution < -0.4 is 0 Å². The lowest BCUT2D eigenvalue weighted by Gasteiger charge is -2.29. The predicted octanol–water partition coefficient (Wildman–Crippen LogP) is 5.67. The quantitative estimate of drug-likeness (QED) is 0.359. The standard InChI is InChI=1S/C27H35N3O3S/c1-5-9-20(18-19(2)3)30-26-21-10-6-7-11-22(21)34-23(12-8-15-32-4)24(26)25(28-30)27(31)29-13-16-33-17-14-29/h5-7,9-11,18-19,23H,8,12-17H2,1-4H3/b9-5?,20-18+. The van der Waals surface area contributed by atoms with E-state index in [1.165, 1.54) is 4.90 Å². The molecule has 1 saturated heterocycles. The van der Waals surface area contributed by atoms with Crippen molar-refractivity contribution in [1.82, 2.24) is 14.7 Å². The lowest BCUT2D eigenvalue weighted by atomic mass is 9.98. The van der Waals surface area contributed by atoms with Crippen LogP contribution in [0.2, 0.25) is 0 Å². The molecule has 0 bridgehead atoms. The number of fused-ring (bicyclic) bond motifs is 3. The predicted molar refractivity (Wildman–Crippen MR) is 138 cm³/mol. The maximum absolute atomic E-state index is 13.8. The normalized spacial score (nSPS) is 18.4. The number of nitrogens with zero attached hydrogens (tertiary/aromatic N) is 3. The lowest BCUT2D eigenvalue weighted by molar-refractivity contribution is 0.0298. The van der Waals surface area contributed by atoms with E-state index >= 15 is 0 Å². The van der Waals surface area contributed by atoms with E-state index in [0.717, 1.165) is 35.4 Å². The fraction of sp³-hybridized carbons (Fsp3) is 0.481. The largest absolute Gasteiger partial charge is 0.385 e. The van der Waals surface area contributed by atoms with Crippen molar-refractivity contribution in [3.8, 4) is 11.3 Å². The Morgan fingerprint density at radius 2 is 2.06 bits per heavy atom. The van der Waals surface area contributed by atoms with Crippen LogP contribution in [0.4, 0.5) is 0 Å². The Bertz CT molecular complexity index is 1070. The van der Waals surface area contributed by atoms with Crippen LogP contribution in [0.15, 0.2) is 47.4 Å². The summed E-state index contributed by atoms with van der Waals surface area (Å²) < 4.78 is 12.8. The Balaban J connectivity index is 1.92. The van der Waals surface area contributed by atoms with Gasteiger partial charge in [-0.25, -0.2) is 4.68 Å². The first kappa shape index (κ1) is 24.8. The Morgan fingerprint density at radius 3 is 2.76 bits per heavy atom. The SMILES string of the molecule is CC=C/C(=C\C(C)C)n1nc(C(=O)N2CCOCC2)c2c1-c1ccccc1SC2CCCOC. The van der Waals surface area contributed by atoms with Crippen LogP contribution in [-0.4, -0.2) is 60.6 Å². The highest BCUT2D eigenvalue weighted by Gasteiger charge is 2.36. The second-order valence-electron chi connectivity index (χ2n) is 9.00. The molecule has 1 fully saturated rings. The number of hydrogen-bond donors (Lipinski definition) is 0. The van der Waals surface area contributed by atoms with Gasteiger partial charge in [-0.1, -0.05) is 44.2 Å².